The van der Waals surface area contributed by atoms with Crippen LogP contribution in [0.3, 0.4) is 0 Å². The van der Waals surface area contributed by atoms with Crippen LogP contribution in [0.1, 0.15) is 23.9 Å². The molecule has 0 atom stereocenters. The molecular formula is C19H22N6O3. The van der Waals surface area contributed by atoms with Gasteiger partial charge in [0.25, 0.3) is 5.95 Å². The van der Waals surface area contributed by atoms with Crippen molar-refractivity contribution in [1.82, 2.24) is 19.7 Å². The summed E-state index contributed by atoms with van der Waals surface area (Å²) in [5.41, 5.74) is 2.62. The molecule has 2 heterocycles. The summed E-state index contributed by atoms with van der Waals surface area (Å²) in [6, 6.07) is 7.05. The first-order valence-corrected chi connectivity index (χ1v) is 8.77. The van der Waals surface area contributed by atoms with Crippen LogP contribution in [0.2, 0.25) is 0 Å². The second-order valence-electron chi connectivity index (χ2n) is 6.07. The lowest BCUT2D eigenvalue weighted by Crippen LogP contribution is -2.18. The molecule has 9 heteroatoms. The molecule has 0 bridgehead atoms. The van der Waals surface area contributed by atoms with Crippen LogP contribution >= 0.6 is 0 Å². The Kier molecular flexibility index (Phi) is 5.53. The van der Waals surface area contributed by atoms with Crippen LogP contribution in [0.25, 0.3) is 5.95 Å². The molecule has 0 aliphatic carbocycles. The first-order chi connectivity index (χ1) is 13.5. The van der Waals surface area contributed by atoms with E-state index in [1.54, 1.807) is 45.4 Å². The third-order valence-electron chi connectivity index (χ3n) is 4.29. The Hall–Kier alpha value is -3.49. The number of H-pyrrole nitrogens is 1. The average Bonchev–Trinajstić information content (AvgIpc) is 2.99. The highest BCUT2D eigenvalue weighted by atomic mass is 16.5. The molecule has 1 N–H and O–H groups in total. The maximum atomic E-state index is 12.8. The second-order valence-corrected chi connectivity index (χ2v) is 6.07. The van der Waals surface area contributed by atoms with E-state index in [1.807, 2.05) is 13.8 Å². The molecule has 28 heavy (non-hydrogen) atoms. The van der Waals surface area contributed by atoms with Gasteiger partial charge in [-0.15, -0.1) is 5.11 Å². The lowest BCUT2D eigenvalue weighted by Gasteiger charge is -2.10. The Morgan fingerprint density at radius 3 is 2.39 bits per heavy atom. The van der Waals surface area contributed by atoms with Crippen LogP contribution in [0.4, 0.5) is 11.4 Å². The molecule has 3 rings (SSSR count). The number of aromatic amines is 1. The first kappa shape index (κ1) is 19.3. The number of aryl methyl sites for hydroxylation is 2. The van der Waals surface area contributed by atoms with E-state index in [9.17, 15) is 4.79 Å². The predicted molar refractivity (Wildman–Crippen MR) is 105 cm³/mol. The van der Waals surface area contributed by atoms with Crippen molar-refractivity contribution < 1.29 is 9.47 Å². The van der Waals surface area contributed by atoms with Gasteiger partial charge in [-0.05, 0) is 44.5 Å². The highest BCUT2D eigenvalue weighted by Gasteiger charge is 2.17. The summed E-state index contributed by atoms with van der Waals surface area (Å²) in [6.45, 7) is 5.60. The number of nitrogens with zero attached hydrogens (tertiary/aromatic N) is 5. The predicted octanol–water partition coefficient (Wildman–Crippen LogP) is 3.57. The van der Waals surface area contributed by atoms with Gasteiger partial charge >= 0.3 is 5.56 Å². The van der Waals surface area contributed by atoms with Gasteiger partial charge in [0, 0.05) is 11.3 Å². The highest BCUT2D eigenvalue weighted by molar-refractivity contribution is 5.44. The summed E-state index contributed by atoms with van der Waals surface area (Å²) in [7, 11) is 3.13. The SMILES string of the molecule is CCc1c(C)nc(-n2[nH]c(C)c(N=Nc3ccc(OC)cc3)c2=O)nc1OC. The van der Waals surface area contributed by atoms with Crippen LogP contribution in [0, 0.1) is 13.8 Å². The number of rotatable bonds is 6. The summed E-state index contributed by atoms with van der Waals surface area (Å²) in [6.07, 6.45) is 0.731. The Morgan fingerprint density at radius 1 is 1.07 bits per heavy atom. The molecule has 0 aliphatic heterocycles. The minimum Gasteiger partial charge on any atom is -0.497 e. The third kappa shape index (κ3) is 3.64. The number of methoxy groups -OCH3 is 2. The van der Waals surface area contributed by atoms with Crippen LogP contribution < -0.4 is 15.0 Å². The smallest absolute Gasteiger partial charge is 0.301 e. The van der Waals surface area contributed by atoms with E-state index in [-0.39, 0.29) is 17.2 Å². The molecule has 0 saturated carbocycles. The molecule has 0 unspecified atom stereocenters. The number of azo groups is 1. The van der Waals surface area contributed by atoms with E-state index in [2.05, 4.69) is 25.3 Å². The van der Waals surface area contributed by atoms with Gasteiger partial charge in [-0.1, -0.05) is 6.92 Å². The quantitative estimate of drug-likeness (QED) is 0.656. The maximum absolute atomic E-state index is 12.8. The van der Waals surface area contributed by atoms with Crippen molar-refractivity contribution in [2.24, 2.45) is 10.2 Å². The lowest BCUT2D eigenvalue weighted by atomic mass is 10.2. The van der Waals surface area contributed by atoms with Crippen molar-refractivity contribution in [1.29, 1.82) is 0 Å². The van der Waals surface area contributed by atoms with Crippen molar-refractivity contribution in [2.75, 3.05) is 14.2 Å². The van der Waals surface area contributed by atoms with Gasteiger partial charge in [-0.25, -0.2) is 4.98 Å². The lowest BCUT2D eigenvalue weighted by molar-refractivity contribution is 0.389. The van der Waals surface area contributed by atoms with Gasteiger partial charge in [0.1, 0.15) is 5.75 Å². The molecule has 3 aromatic rings. The van der Waals surface area contributed by atoms with Gasteiger partial charge in [0.15, 0.2) is 5.69 Å². The number of nitrogens with one attached hydrogen (secondary N) is 1. The Balaban J connectivity index is 1.99. The zero-order chi connectivity index (χ0) is 20.3. The second kappa shape index (κ2) is 8.03. The fourth-order valence-electron chi connectivity index (χ4n) is 2.78. The molecular weight excluding hydrogens is 360 g/mol. The molecule has 0 fully saturated rings. The molecule has 1 aromatic carbocycles. The Labute approximate surface area is 162 Å². The highest BCUT2D eigenvalue weighted by Crippen LogP contribution is 2.23. The summed E-state index contributed by atoms with van der Waals surface area (Å²) >= 11 is 0. The number of hydrogen-bond donors (Lipinski definition) is 1. The van der Waals surface area contributed by atoms with Crippen molar-refractivity contribution in [2.45, 2.75) is 27.2 Å². The first-order valence-electron chi connectivity index (χ1n) is 8.77. The fraction of sp³-hybridized carbons (Fsp3) is 0.316. The van der Waals surface area contributed by atoms with Gasteiger partial charge in [-0.2, -0.15) is 14.8 Å². The topological polar surface area (TPSA) is 107 Å². The van der Waals surface area contributed by atoms with Crippen molar-refractivity contribution in [3.05, 3.63) is 51.6 Å². The maximum Gasteiger partial charge on any atom is 0.301 e. The minimum absolute atomic E-state index is 0.190. The van der Waals surface area contributed by atoms with E-state index < -0.39 is 0 Å². The zero-order valence-corrected chi connectivity index (χ0v) is 16.5. The van der Waals surface area contributed by atoms with Gasteiger partial charge in [0.05, 0.1) is 25.6 Å². The third-order valence-corrected chi connectivity index (χ3v) is 4.29. The number of hydrogen-bond acceptors (Lipinski definition) is 7. The molecule has 0 saturated heterocycles. The van der Waals surface area contributed by atoms with Gasteiger partial charge in [-0.3, -0.25) is 9.89 Å². The molecule has 2 aromatic heterocycles. The Bertz CT molecular complexity index is 1070. The minimum atomic E-state index is -0.388. The van der Waals surface area contributed by atoms with Gasteiger partial charge < -0.3 is 9.47 Å². The van der Waals surface area contributed by atoms with E-state index in [1.165, 1.54) is 4.68 Å². The normalized spacial score (nSPS) is 11.2. The zero-order valence-electron chi connectivity index (χ0n) is 16.5. The van der Waals surface area contributed by atoms with Crippen molar-refractivity contribution in [3.63, 3.8) is 0 Å². The summed E-state index contributed by atoms with van der Waals surface area (Å²) < 4.78 is 11.7. The van der Waals surface area contributed by atoms with Crippen LogP contribution in [-0.4, -0.2) is 34.0 Å². The standard InChI is InChI=1S/C19H22N6O3/c1-6-15-11(2)20-19(21-17(15)28-5)25-18(26)16(12(3)24-25)23-22-13-7-9-14(27-4)10-8-13/h7-10,24H,6H2,1-5H3. The largest absolute Gasteiger partial charge is 0.497 e. The van der Waals surface area contributed by atoms with Crippen LogP contribution in [0.5, 0.6) is 11.6 Å². The van der Waals surface area contributed by atoms with E-state index in [4.69, 9.17) is 9.47 Å². The molecule has 146 valence electrons. The summed E-state index contributed by atoms with van der Waals surface area (Å²) in [5.74, 6) is 1.37. The molecule has 0 radical (unpaired) electrons. The van der Waals surface area contributed by atoms with E-state index >= 15 is 0 Å². The summed E-state index contributed by atoms with van der Waals surface area (Å²) in [5, 5.41) is 11.2. The van der Waals surface area contributed by atoms with Crippen LogP contribution in [0.15, 0.2) is 39.3 Å². The van der Waals surface area contributed by atoms with Crippen molar-refractivity contribution >= 4 is 11.4 Å². The summed E-state index contributed by atoms with van der Waals surface area (Å²) in [4.78, 5) is 21.6. The van der Waals surface area contributed by atoms with Crippen molar-refractivity contribution in [3.8, 4) is 17.6 Å². The van der Waals surface area contributed by atoms with Crippen LogP contribution in [-0.2, 0) is 6.42 Å². The average molecular weight is 382 g/mol. The fourth-order valence-corrected chi connectivity index (χ4v) is 2.78. The molecule has 0 amide bonds. The van der Waals surface area contributed by atoms with Gasteiger partial charge in [0.2, 0.25) is 5.88 Å². The van der Waals surface area contributed by atoms with E-state index in [0.29, 0.717) is 17.3 Å². The van der Waals surface area contributed by atoms with E-state index in [0.717, 1.165) is 23.4 Å². The molecule has 0 aliphatic rings. The molecule has 9 nitrogen and oxygen atoms in total. The number of aromatic nitrogens is 4. The number of benzene rings is 1. The Morgan fingerprint density at radius 2 is 1.79 bits per heavy atom. The molecule has 0 spiro atoms. The monoisotopic (exact) mass is 382 g/mol. The number of ether oxygens (including phenoxy) is 2.